The summed E-state index contributed by atoms with van der Waals surface area (Å²) in [6, 6.07) is 1.15. The zero-order valence-electron chi connectivity index (χ0n) is 8.78. The van der Waals surface area contributed by atoms with Crippen LogP contribution in [0.1, 0.15) is 6.41 Å². The number of aliphatic hydroxyl groups is 2. The van der Waals surface area contributed by atoms with Gasteiger partial charge in [0.1, 0.15) is 12.2 Å². The Bertz CT molecular complexity index is 483. The molecule has 2 rings (SSSR count). The van der Waals surface area contributed by atoms with Crippen molar-refractivity contribution in [3.05, 3.63) is 33.1 Å². The zero-order valence-corrected chi connectivity index (χ0v) is 8.78. The van der Waals surface area contributed by atoms with Gasteiger partial charge in [-0.05, 0) is 0 Å². The molecule has 0 amide bonds. The lowest BCUT2D eigenvalue weighted by Crippen LogP contribution is -2.32. The maximum atomic E-state index is 11.4. The predicted molar refractivity (Wildman–Crippen MR) is 54.3 cm³/mol. The van der Waals surface area contributed by atoms with Gasteiger partial charge in [-0.1, -0.05) is 0 Å². The van der Waals surface area contributed by atoms with Gasteiger partial charge in [0.15, 0.2) is 0 Å². The second-order valence-corrected chi connectivity index (χ2v) is 3.54. The first-order chi connectivity index (χ1) is 8.15. The topological polar surface area (TPSA) is 114 Å². The van der Waals surface area contributed by atoms with Gasteiger partial charge in [-0.2, -0.15) is 0 Å². The molecule has 94 valence electrons. The third kappa shape index (κ3) is 2.29. The number of nitrogens with one attached hydrogen (secondary N) is 1. The molecule has 0 radical (unpaired) electrons. The van der Waals surface area contributed by atoms with Gasteiger partial charge in [0.2, 0.25) is 6.41 Å². The number of nitrogens with zero attached hydrogens (tertiary/aromatic N) is 1. The highest BCUT2D eigenvalue weighted by atomic mass is 16.8. The average molecular weight is 244 g/mol. The summed E-state index contributed by atoms with van der Waals surface area (Å²) in [6.45, 7) is -0.667. The predicted octanol–water partition coefficient (Wildman–Crippen LogP) is -2.24. The molecule has 1 aliphatic rings. The third-order valence-corrected chi connectivity index (χ3v) is 2.44. The van der Waals surface area contributed by atoms with E-state index in [1.807, 2.05) is 4.98 Å². The average Bonchev–Trinajstić information content (AvgIpc) is 2.72. The van der Waals surface area contributed by atoms with Gasteiger partial charge in [0, 0.05) is 12.3 Å². The van der Waals surface area contributed by atoms with E-state index >= 15 is 0 Å². The molecule has 0 bridgehead atoms. The summed E-state index contributed by atoms with van der Waals surface area (Å²) >= 11 is 0. The van der Waals surface area contributed by atoms with Gasteiger partial charge in [-0.15, -0.1) is 0 Å². The van der Waals surface area contributed by atoms with Crippen molar-refractivity contribution in [2.45, 2.75) is 18.6 Å². The standard InChI is InChI=1S/C9H12N2O6/c12-3-5-6(4-13)17-9(16-5)11-2-1-7(14)10-8(11)15/h1-2,5-6,9,12-13H,3-4H2,(H,10,14,15)/t5-,6-/m1/s1. The molecular weight excluding hydrogens is 232 g/mol. The molecule has 0 unspecified atom stereocenters. The van der Waals surface area contributed by atoms with Crippen LogP contribution in [0.3, 0.4) is 0 Å². The second kappa shape index (κ2) is 4.80. The van der Waals surface area contributed by atoms with Crippen molar-refractivity contribution in [1.29, 1.82) is 0 Å². The summed E-state index contributed by atoms with van der Waals surface area (Å²) in [4.78, 5) is 24.4. The molecule has 0 saturated carbocycles. The summed E-state index contributed by atoms with van der Waals surface area (Å²) in [5.74, 6) is 0. The van der Waals surface area contributed by atoms with Gasteiger partial charge < -0.3 is 19.7 Å². The summed E-state index contributed by atoms with van der Waals surface area (Å²) in [5.41, 5.74) is -1.21. The summed E-state index contributed by atoms with van der Waals surface area (Å²) < 4.78 is 11.5. The van der Waals surface area contributed by atoms with E-state index in [2.05, 4.69) is 0 Å². The molecule has 3 N–H and O–H groups in total. The smallest absolute Gasteiger partial charge is 0.332 e. The number of hydrogen-bond donors (Lipinski definition) is 3. The molecule has 0 aromatic carbocycles. The van der Waals surface area contributed by atoms with E-state index < -0.39 is 29.9 Å². The van der Waals surface area contributed by atoms with Crippen molar-refractivity contribution in [1.82, 2.24) is 9.55 Å². The van der Waals surface area contributed by atoms with Crippen LogP contribution in [0.25, 0.3) is 0 Å². The van der Waals surface area contributed by atoms with Crippen LogP contribution in [0.4, 0.5) is 0 Å². The SMILES string of the molecule is O=c1ccn(C2O[C@H](CO)[C@@H](CO)O2)c(=O)[nH]1. The molecule has 1 fully saturated rings. The highest BCUT2D eigenvalue weighted by Gasteiger charge is 2.36. The Hall–Kier alpha value is -1.48. The highest BCUT2D eigenvalue weighted by molar-refractivity contribution is 4.85. The van der Waals surface area contributed by atoms with E-state index in [-0.39, 0.29) is 13.2 Å². The van der Waals surface area contributed by atoms with Gasteiger partial charge in [0.25, 0.3) is 5.56 Å². The Morgan fingerprint density at radius 2 is 1.82 bits per heavy atom. The second-order valence-electron chi connectivity index (χ2n) is 3.54. The fourth-order valence-electron chi connectivity index (χ4n) is 1.55. The number of ether oxygens (including phenoxy) is 2. The molecule has 0 aliphatic carbocycles. The van der Waals surface area contributed by atoms with Crippen molar-refractivity contribution in [2.24, 2.45) is 0 Å². The first-order valence-corrected chi connectivity index (χ1v) is 5.00. The Kier molecular flexibility index (Phi) is 3.38. The van der Waals surface area contributed by atoms with Gasteiger partial charge in [-0.3, -0.25) is 14.3 Å². The fraction of sp³-hybridized carbons (Fsp3) is 0.556. The van der Waals surface area contributed by atoms with Crippen molar-refractivity contribution in [3.63, 3.8) is 0 Å². The number of H-pyrrole nitrogens is 1. The van der Waals surface area contributed by atoms with E-state index in [9.17, 15) is 9.59 Å². The van der Waals surface area contributed by atoms with E-state index in [4.69, 9.17) is 19.7 Å². The van der Waals surface area contributed by atoms with Crippen LogP contribution in [0.2, 0.25) is 0 Å². The van der Waals surface area contributed by atoms with E-state index in [0.717, 1.165) is 10.6 Å². The number of hydrogen-bond acceptors (Lipinski definition) is 6. The molecule has 0 spiro atoms. The molecule has 8 nitrogen and oxygen atoms in total. The van der Waals surface area contributed by atoms with Crippen LogP contribution in [-0.4, -0.2) is 45.2 Å². The van der Waals surface area contributed by atoms with Crippen LogP contribution >= 0.6 is 0 Å². The van der Waals surface area contributed by atoms with Crippen LogP contribution in [0.5, 0.6) is 0 Å². The van der Waals surface area contributed by atoms with Gasteiger partial charge in [0.05, 0.1) is 13.2 Å². The molecule has 1 aromatic rings. The van der Waals surface area contributed by atoms with Gasteiger partial charge >= 0.3 is 5.69 Å². The zero-order chi connectivity index (χ0) is 12.4. The Morgan fingerprint density at radius 3 is 2.29 bits per heavy atom. The van der Waals surface area contributed by atoms with Crippen molar-refractivity contribution in [2.75, 3.05) is 13.2 Å². The molecule has 8 heteroatoms. The van der Waals surface area contributed by atoms with Crippen LogP contribution in [0, 0.1) is 0 Å². The third-order valence-electron chi connectivity index (χ3n) is 2.44. The summed E-state index contributed by atoms with van der Waals surface area (Å²) in [7, 11) is 0. The van der Waals surface area contributed by atoms with Crippen LogP contribution in [-0.2, 0) is 9.47 Å². The highest BCUT2D eigenvalue weighted by Crippen LogP contribution is 2.24. The van der Waals surface area contributed by atoms with Crippen LogP contribution < -0.4 is 11.2 Å². The van der Waals surface area contributed by atoms with Crippen molar-refractivity contribution < 1.29 is 19.7 Å². The largest absolute Gasteiger partial charge is 0.394 e. The molecule has 1 saturated heterocycles. The van der Waals surface area contributed by atoms with E-state index in [0.29, 0.717) is 0 Å². The lowest BCUT2D eigenvalue weighted by atomic mass is 10.2. The number of rotatable bonds is 3. The van der Waals surface area contributed by atoms with E-state index in [1.54, 1.807) is 0 Å². The summed E-state index contributed by atoms with van der Waals surface area (Å²) in [6.07, 6.45) is -1.25. The fourth-order valence-corrected chi connectivity index (χ4v) is 1.55. The van der Waals surface area contributed by atoms with E-state index in [1.165, 1.54) is 6.20 Å². The van der Waals surface area contributed by atoms with Crippen molar-refractivity contribution >= 4 is 0 Å². The molecule has 2 heterocycles. The van der Waals surface area contributed by atoms with Gasteiger partial charge in [-0.25, -0.2) is 4.79 Å². The molecule has 1 aliphatic heterocycles. The Labute approximate surface area is 95.0 Å². The first kappa shape index (κ1) is 12.0. The normalized spacial score (nSPS) is 25.3. The molecule has 17 heavy (non-hydrogen) atoms. The minimum absolute atomic E-state index is 0.334. The van der Waals surface area contributed by atoms with Crippen LogP contribution in [0.15, 0.2) is 21.9 Å². The van der Waals surface area contributed by atoms with Crippen molar-refractivity contribution in [3.8, 4) is 0 Å². The number of aromatic nitrogens is 2. The monoisotopic (exact) mass is 244 g/mol. The first-order valence-electron chi connectivity index (χ1n) is 5.00. The summed E-state index contributed by atoms with van der Waals surface area (Å²) in [5, 5.41) is 18.0. The lowest BCUT2D eigenvalue weighted by Gasteiger charge is -2.11. The molecule has 2 atom stereocenters. The molecule has 1 aromatic heterocycles. The quantitative estimate of drug-likeness (QED) is 0.554. The minimum Gasteiger partial charge on any atom is -0.394 e. The minimum atomic E-state index is -1.06. The Balaban J connectivity index is 2.25. The number of aromatic amines is 1. The lowest BCUT2D eigenvalue weighted by molar-refractivity contribution is -0.131. The molecular formula is C9H12N2O6. The maximum Gasteiger partial charge on any atom is 0.332 e. The maximum absolute atomic E-state index is 11.4. The number of aliphatic hydroxyl groups excluding tert-OH is 2. The Morgan fingerprint density at radius 1 is 1.24 bits per heavy atom.